The van der Waals surface area contributed by atoms with Gasteiger partial charge in [-0.2, -0.15) is 0 Å². The number of fused-ring (bicyclic) bond motifs is 1. The second kappa shape index (κ2) is 8.31. The lowest BCUT2D eigenvalue weighted by atomic mass is 10.1. The smallest absolute Gasteiger partial charge is 0.345 e. The molecule has 0 aliphatic carbocycles. The van der Waals surface area contributed by atoms with Crippen molar-refractivity contribution in [3.63, 3.8) is 0 Å². The fraction of sp³-hybridized carbons (Fsp3) is 0.125. The molecule has 2 heterocycles. The molecule has 0 radical (unpaired) electrons. The zero-order valence-electron chi connectivity index (χ0n) is 17.2. The molecule has 7 nitrogen and oxygen atoms in total. The number of aromatic nitrogens is 1. The van der Waals surface area contributed by atoms with Gasteiger partial charge in [-0.3, -0.25) is 9.78 Å². The molecule has 0 N–H and O–H groups in total. The predicted molar refractivity (Wildman–Crippen MR) is 113 cm³/mol. The Morgan fingerprint density at radius 2 is 1.90 bits per heavy atom. The van der Waals surface area contributed by atoms with Crippen molar-refractivity contribution in [2.45, 2.75) is 6.92 Å². The Morgan fingerprint density at radius 1 is 1.06 bits per heavy atom. The van der Waals surface area contributed by atoms with Gasteiger partial charge in [-0.15, -0.1) is 0 Å². The van der Waals surface area contributed by atoms with Crippen LogP contribution in [-0.4, -0.2) is 31.0 Å². The first-order valence-electron chi connectivity index (χ1n) is 9.44. The number of carbonyl (C=O) groups is 2. The summed E-state index contributed by atoms with van der Waals surface area (Å²) in [6, 6.07) is 11.7. The number of esters is 1. The number of allylic oxidation sites excluding steroid dienone is 1. The Morgan fingerprint density at radius 3 is 2.61 bits per heavy atom. The van der Waals surface area contributed by atoms with E-state index in [1.807, 2.05) is 0 Å². The summed E-state index contributed by atoms with van der Waals surface area (Å²) in [5.74, 6) is 1.19. The quantitative estimate of drug-likeness (QED) is 0.349. The molecule has 0 bridgehead atoms. The van der Waals surface area contributed by atoms with Crippen LogP contribution < -0.4 is 18.9 Å². The fourth-order valence-corrected chi connectivity index (χ4v) is 3.20. The molecule has 0 atom stereocenters. The third kappa shape index (κ3) is 3.85. The minimum absolute atomic E-state index is 0.150. The molecule has 0 fully saturated rings. The van der Waals surface area contributed by atoms with Gasteiger partial charge in [0.15, 0.2) is 5.76 Å². The van der Waals surface area contributed by atoms with Crippen molar-refractivity contribution in [3.05, 3.63) is 82.9 Å². The largest absolute Gasteiger partial charge is 0.497 e. The van der Waals surface area contributed by atoms with Crippen molar-refractivity contribution in [2.24, 2.45) is 0 Å². The van der Waals surface area contributed by atoms with Crippen LogP contribution in [0.15, 0.2) is 60.6 Å². The summed E-state index contributed by atoms with van der Waals surface area (Å²) in [4.78, 5) is 29.1. The maximum Gasteiger partial charge on any atom is 0.345 e. The van der Waals surface area contributed by atoms with E-state index in [0.29, 0.717) is 45.3 Å². The van der Waals surface area contributed by atoms with Gasteiger partial charge >= 0.3 is 5.97 Å². The highest BCUT2D eigenvalue weighted by Gasteiger charge is 2.31. The summed E-state index contributed by atoms with van der Waals surface area (Å²) in [6.45, 7) is 1.73. The first-order chi connectivity index (χ1) is 15.0. The van der Waals surface area contributed by atoms with Crippen molar-refractivity contribution in [1.82, 2.24) is 4.98 Å². The number of rotatable bonds is 5. The van der Waals surface area contributed by atoms with E-state index < -0.39 is 5.97 Å². The normalized spacial score (nSPS) is 13.5. The first kappa shape index (κ1) is 20.2. The van der Waals surface area contributed by atoms with Crippen LogP contribution in [0.25, 0.3) is 6.08 Å². The predicted octanol–water partition coefficient (Wildman–Crippen LogP) is 4.24. The van der Waals surface area contributed by atoms with Crippen LogP contribution in [0.2, 0.25) is 0 Å². The molecular formula is C24H19NO6. The van der Waals surface area contributed by atoms with Gasteiger partial charge in [0.1, 0.15) is 23.0 Å². The lowest BCUT2D eigenvalue weighted by Gasteiger charge is -2.10. The summed E-state index contributed by atoms with van der Waals surface area (Å²) in [5, 5.41) is 0. The van der Waals surface area contributed by atoms with Crippen LogP contribution in [0.5, 0.6) is 23.0 Å². The fourth-order valence-electron chi connectivity index (χ4n) is 3.20. The Hall–Kier alpha value is -4.13. The molecule has 7 heteroatoms. The summed E-state index contributed by atoms with van der Waals surface area (Å²) in [7, 11) is 3.10. The van der Waals surface area contributed by atoms with Gasteiger partial charge in [0.2, 0.25) is 5.78 Å². The molecule has 0 amide bonds. The van der Waals surface area contributed by atoms with Gasteiger partial charge < -0.3 is 18.9 Å². The van der Waals surface area contributed by atoms with Gasteiger partial charge in [-0.1, -0.05) is 0 Å². The number of benzene rings is 2. The second-order valence-corrected chi connectivity index (χ2v) is 6.74. The van der Waals surface area contributed by atoms with Crippen molar-refractivity contribution >= 4 is 17.8 Å². The molecule has 1 aromatic heterocycles. The van der Waals surface area contributed by atoms with Crippen molar-refractivity contribution < 1.29 is 28.5 Å². The summed E-state index contributed by atoms with van der Waals surface area (Å²) in [6.07, 6.45) is 4.61. The van der Waals surface area contributed by atoms with Gasteiger partial charge in [0.05, 0.1) is 25.3 Å². The van der Waals surface area contributed by atoms with E-state index in [4.69, 9.17) is 18.9 Å². The molecule has 0 saturated heterocycles. The van der Waals surface area contributed by atoms with Crippen LogP contribution >= 0.6 is 0 Å². The molecule has 3 aromatic rings. The number of ketones is 1. The topological polar surface area (TPSA) is 84.0 Å². The van der Waals surface area contributed by atoms with E-state index in [2.05, 4.69) is 4.98 Å². The Bertz CT molecular complexity index is 1200. The van der Waals surface area contributed by atoms with E-state index >= 15 is 0 Å². The highest BCUT2D eigenvalue weighted by atomic mass is 16.5. The number of Topliss-reactive ketones (excluding diaryl/α,β-unsaturated/α-hetero) is 1. The zero-order chi connectivity index (χ0) is 22.0. The Labute approximate surface area is 178 Å². The Balaban J connectivity index is 1.63. The summed E-state index contributed by atoms with van der Waals surface area (Å²) in [5.41, 5.74) is 1.94. The minimum atomic E-state index is -0.542. The van der Waals surface area contributed by atoms with E-state index in [-0.39, 0.29) is 11.5 Å². The monoisotopic (exact) mass is 417 g/mol. The van der Waals surface area contributed by atoms with Gasteiger partial charge in [-0.25, -0.2) is 4.79 Å². The van der Waals surface area contributed by atoms with E-state index in [9.17, 15) is 9.59 Å². The van der Waals surface area contributed by atoms with Gasteiger partial charge in [-0.05, 0) is 49.4 Å². The maximum atomic E-state index is 12.9. The number of nitrogens with zero attached hydrogens (tertiary/aromatic N) is 1. The number of pyridine rings is 1. The molecule has 156 valence electrons. The minimum Gasteiger partial charge on any atom is -0.497 e. The van der Waals surface area contributed by atoms with Crippen molar-refractivity contribution in [1.29, 1.82) is 0 Å². The average Bonchev–Trinajstić information content (AvgIpc) is 3.12. The van der Waals surface area contributed by atoms with Crippen LogP contribution in [0.1, 0.15) is 31.8 Å². The summed E-state index contributed by atoms with van der Waals surface area (Å²) >= 11 is 0. The first-order valence-corrected chi connectivity index (χ1v) is 9.44. The number of hydrogen-bond acceptors (Lipinski definition) is 7. The SMILES string of the molecule is COc1ccc(/C=C2\Oc3c(ccc(OC(=O)c4cccnc4)c3C)C2=O)c(OC)c1. The number of ether oxygens (including phenoxy) is 4. The molecule has 2 aromatic carbocycles. The van der Waals surface area contributed by atoms with Gasteiger partial charge in [0, 0.05) is 29.6 Å². The van der Waals surface area contributed by atoms with E-state index in [0.717, 1.165) is 0 Å². The molecule has 31 heavy (non-hydrogen) atoms. The van der Waals surface area contributed by atoms with Crippen LogP contribution in [0.3, 0.4) is 0 Å². The average molecular weight is 417 g/mol. The Kier molecular flexibility index (Phi) is 5.41. The third-order valence-corrected chi connectivity index (χ3v) is 4.86. The molecular weight excluding hydrogens is 398 g/mol. The number of methoxy groups -OCH3 is 2. The number of carbonyl (C=O) groups excluding carboxylic acids is 2. The molecule has 0 unspecified atom stereocenters. The molecule has 0 spiro atoms. The molecule has 1 aliphatic rings. The van der Waals surface area contributed by atoms with E-state index in [1.54, 1.807) is 68.8 Å². The molecule has 1 aliphatic heterocycles. The maximum absolute atomic E-state index is 12.9. The summed E-state index contributed by atoms with van der Waals surface area (Å²) < 4.78 is 21.9. The zero-order valence-corrected chi connectivity index (χ0v) is 17.2. The highest BCUT2D eigenvalue weighted by Crippen LogP contribution is 2.40. The lowest BCUT2D eigenvalue weighted by Crippen LogP contribution is -2.09. The van der Waals surface area contributed by atoms with Gasteiger partial charge in [0.25, 0.3) is 0 Å². The van der Waals surface area contributed by atoms with Crippen LogP contribution in [-0.2, 0) is 0 Å². The van der Waals surface area contributed by atoms with E-state index in [1.165, 1.54) is 13.3 Å². The standard InChI is InChI=1S/C24H19NO6/c1-14-19(31-24(27)16-5-4-10-25-13-16)9-8-18-22(26)21(30-23(14)18)11-15-6-7-17(28-2)12-20(15)29-3/h4-13H,1-3H3/b21-11-. The van der Waals surface area contributed by atoms with Crippen LogP contribution in [0, 0.1) is 6.92 Å². The van der Waals surface area contributed by atoms with Crippen molar-refractivity contribution in [2.75, 3.05) is 14.2 Å². The lowest BCUT2D eigenvalue weighted by molar-refractivity contribution is 0.0732. The van der Waals surface area contributed by atoms with Crippen LogP contribution in [0.4, 0.5) is 0 Å². The molecule has 4 rings (SSSR count). The number of hydrogen-bond donors (Lipinski definition) is 0. The third-order valence-electron chi connectivity index (χ3n) is 4.86. The molecule has 0 saturated carbocycles. The highest BCUT2D eigenvalue weighted by molar-refractivity contribution is 6.15. The van der Waals surface area contributed by atoms with Crippen molar-refractivity contribution in [3.8, 4) is 23.0 Å². The second-order valence-electron chi connectivity index (χ2n) is 6.74.